The minimum Gasteiger partial charge on any atom is -0.512 e. The van der Waals surface area contributed by atoms with Gasteiger partial charge in [0.05, 0.1) is 18.2 Å². The second-order valence-corrected chi connectivity index (χ2v) is 7.04. The fourth-order valence-electron chi connectivity index (χ4n) is 3.10. The molecule has 25 heavy (non-hydrogen) atoms. The van der Waals surface area contributed by atoms with E-state index in [-0.39, 0.29) is 5.97 Å². The van der Waals surface area contributed by atoms with Crippen molar-refractivity contribution < 1.29 is 14.6 Å². The highest BCUT2D eigenvalue weighted by Gasteiger charge is 2.41. The summed E-state index contributed by atoms with van der Waals surface area (Å²) in [6.45, 7) is 9.17. The average molecular weight is 344 g/mol. The zero-order valence-electron chi connectivity index (χ0n) is 15.8. The van der Waals surface area contributed by atoms with Gasteiger partial charge in [-0.15, -0.1) is 0 Å². The molecular formula is C20H28N2O3. The number of esters is 1. The van der Waals surface area contributed by atoms with Gasteiger partial charge in [-0.1, -0.05) is 24.6 Å². The Balaban J connectivity index is 2.34. The van der Waals surface area contributed by atoms with Crippen LogP contribution in [0.1, 0.15) is 46.2 Å². The van der Waals surface area contributed by atoms with Gasteiger partial charge in [0.25, 0.3) is 0 Å². The first-order chi connectivity index (χ1) is 11.8. The van der Waals surface area contributed by atoms with Crippen molar-refractivity contribution in [2.24, 2.45) is 5.41 Å². The fraction of sp³-hybridized carbons (Fsp3) is 0.500. The lowest BCUT2D eigenvalue weighted by Crippen LogP contribution is -2.33. The molecule has 0 saturated carbocycles. The lowest BCUT2D eigenvalue weighted by Gasteiger charge is -2.22. The Morgan fingerprint density at radius 1 is 1.44 bits per heavy atom. The maximum atomic E-state index is 12.0. The third-order valence-corrected chi connectivity index (χ3v) is 4.56. The molecular weight excluding hydrogens is 316 g/mol. The van der Waals surface area contributed by atoms with E-state index in [1.807, 2.05) is 52.0 Å². The van der Waals surface area contributed by atoms with E-state index in [4.69, 9.17) is 9.72 Å². The van der Waals surface area contributed by atoms with E-state index in [9.17, 15) is 9.90 Å². The van der Waals surface area contributed by atoms with Gasteiger partial charge in [0.15, 0.2) is 0 Å². The normalized spacial score (nSPS) is 20.9. The number of anilines is 1. The second kappa shape index (κ2) is 7.72. The van der Waals surface area contributed by atoms with Crippen LogP contribution < -0.4 is 4.90 Å². The maximum Gasteiger partial charge on any atom is 0.313 e. The van der Waals surface area contributed by atoms with Crippen molar-refractivity contribution in [3.63, 3.8) is 0 Å². The Morgan fingerprint density at radius 2 is 2.16 bits per heavy atom. The van der Waals surface area contributed by atoms with E-state index in [0.29, 0.717) is 18.7 Å². The molecule has 0 amide bonds. The Morgan fingerprint density at radius 3 is 2.76 bits per heavy atom. The summed E-state index contributed by atoms with van der Waals surface area (Å²) in [5.74, 6) is 0.959. The highest BCUT2D eigenvalue weighted by Crippen LogP contribution is 2.34. The zero-order chi connectivity index (χ0) is 18.6. The Kier molecular flexibility index (Phi) is 5.88. The topological polar surface area (TPSA) is 62.7 Å². The number of rotatable bonds is 5. The molecule has 0 radical (unpaired) electrons. The van der Waals surface area contributed by atoms with Crippen LogP contribution >= 0.6 is 0 Å². The van der Waals surface area contributed by atoms with Crippen molar-refractivity contribution in [1.82, 2.24) is 4.98 Å². The van der Waals surface area contributed by atoms with E-state index in [1.165, 1.54) is 7.11 Å². The minimum atomic E-state index is -0.503. The quantitative estimate of drug-likeness (QED) is 0.495. The molecule has 1 saturated heterocycles. The van der Waals surface area contributed by atoms with E-state index in [0.717, 1.165) is 35.6 Å². The summed E-state index contributed by atoms with van der Waals surface area (Å²) in [6, 6.07) is 5.78. The molecule has 1 aliphatic heterocycles. The number of hydrogen-bond donors (Lipinski definition) is 1. The average Bonchev–Trinajstić information content (AvgIpc) is 3.02. The summed E-state index contributed by atoms with van der Waals surface area (Å²) >= 11 is 0. The summed E-state index contributed by atoms with van der Waals surface area (Å²) in [7, 11) is 1.43. The van der Waals surface area contributed by atoms with Gasteiger partial charge in [-0.2, -0.15) is 0 Å². The summed E-state index contributed by atoms with van der Waals surface area (Å²) in [4.78, 5) is 18.9. The lowest BCUT2D eigenvalue weighted by atomic mass is 9.90. The molecule has 2 rings (SSSR count). The molecule has 136 valence electrons. The molecule has 0 aliphatic carbocycles. The molecule has 5 nitrogen and oxygen atoms in total. The first kappa shape index (κ1) is 19.0. The Hall–Kier alpha value is -2.30. The summed E-state index contributed by atoms with van der Waals surface area (Å²) in [5.41, 5.74) is 2.09. The van der Waals surface area contributed by atoms with Crippen LogP contribution in [0.2, 0.25) is 0 Å². The number of hydrogen-bond acceptors (Lipinski definition) is 5. The Labute approximate surface area is 150 Å². The van der Waals surface area contributed by atoms with E-state index < -0.39 is 5.41 Å². The van der Waals surface area contributed by atoms with Crippen LogP contribution in [0.25, 0.3) is 5.57 Å². The minimum absolute atomic E-state index is 0.181. The van der Waals surface area contributed by atoms with Gasteiger partial charge in [0, 0.05) is 25.1 Å². The fourth-order valence-corrected chi connectivity index (χ4v) is 3.10. The molecule has 1 aliphatic rings. The Bertz CT molecular complexity index is 705. The summed E-state index contributed by atoms with van der Waals surface area (Å²) < 4.78 is 4.94. The number of ether oxygens (including phenoxy) is 1. The van der Waals surface area contributed by atoms with Crippen molar-refractivity contribution in [3.8, 4) is 0 Å². The zero-order valence-corrected chi connectivity index (χ0v) is 15.8. The number of pyridine rings is 1. The molecule has 0 spiro atoms. The number of allylic oxidation sites excluding steroid dienone is 4. The number of methoxy groups -OCH3 is 1. The monoisotopic (exact) mass is 344 g/mol. The van der Waals surface area contributed by atoms with Crippen LogP contribution in [-0.4, -0.2) is 36.3 Å². The summed E-state index contributed by atoms with van der Waals surface area (Å²) in [5, 5.41) is 10.3. The third-order valence-electron chi connectivity index (χ3n) is 4.56. The van der Waals surface area contributed by atoms with E-state index in [1.54, 1.807) is 0 Å². The molecule has 1 aromatic rings. The van der Waals surface area contributed by atoms with Crippen LogP contribution in [0.5, 0.6) is 0 Å². The van der Waals surface area contributed by atoms with Crippen molar-refractivity contribution in [2.45, 2.75) is 40.5 Å². The second-order valence-electron chi connectivity index (χ2n) is 7.04. The van der Waals surface area contributed by atoms with E-state index in [2.05, 4.69) is 4.90 Å². The molecule has 1 fully saturated rings. The van der Waals surface area contributed by atoms with Gasteiger partial charge in [-0.3, -0.25) is 4.79 Å². The van der Waals surface area contributed by atoms with Gasteiger partial charge >= 0.3 is 5.97 Å². The number of aliphatic hydroxyl groups is 1. The molecule has 1 atom stereocenters. The van der Waals surface area contributed by atoms with Gasteiger partial charge < -0.3 is 14.7 Å². The molecule has 5 heteroatoms. The van der Waals surface area contributed by atoms with Gasteiger partial charge in [0.1, 0.15) is 11.6 Å². The third kappa shape index (κ3) is 4.21. The van der Waals surface area contributed by atoms with Crippen LogP contribution in [0, 0.1) is 5.41 Å². The molecule has 0 aromatic carbocycles. The number of aliphatic hydroxyl groups excluding tert-OH is 1. The lowest BCUT2D eigenvalue weighted by molar-refractivity contribution is -0.150. The molecule has 0 unspecified atom stereocenters. The van der Waals surface area contributed by atoms with Crippen molar-refractivity contribution in [3.05, 3.63) is 41.3 Å². The maximum absolute atomic E-state index is 12.0. The smallest absolute Gasteiger partial charge is 0.313 e. The number of aromatic nitrogens is 1. The van der Waals surface area contributed by atoms with Crippen LogP contribution in [0.3, 0.4) is 0 Å². The molecule has 0 bridgehead atoms. The first-order valence-electron chi connectivity index (χ1n) is 8.68. The number of carbonyl (C=O) groups excluding carboxylic acids is 1. The number of carbonyl (C=O) groups is 1. The molecule has 1 aromatic heterocycles. The standard InChI is InChI=1S/C20H28N2O3/c1-6-17(23)15(12-14(2)3)16-8-7-9-18(21-16)22-11-10-20(4,13-22)19(24)25-5/h7-9,12,23H,6,10-11,13H2,1-5H3/b17-15-/t20-/m1/s1. The van der Waals surface area contributed by atoms with Crippen molar-refractivity contribution in [1.29, 1.82) is 0 Å². The van der Waals surface area contributed by atoms with Crippen molar-refractivity contribution in [2.75, 3.05) is 25.1 Å². The van der Waals surface area contributed by atoms with Gasteiger partial charge in [-0.05, 0) is 39.3 Å². The number of nitrogens with zero attached hydrogens (tertiary/aromatic N) is 2. The van der Waals surface area contributed by atoms with Crippen molar-refractivity contribution >= 4 is 17.4 Å². The summed E-state index contributed by atoms with van der Waals surface area (Å²) in [6.07, 6.45) is 3.24. The van der Waals surface area contributed by atoms with Crippen LogP contribution in [0.4, 0.5) is 5.82 Å². The molecule has 1 N–H and O–H groups in total. The van der Waals surface area contributed by atoms with Gasteiger partial charge in [-0.25, -0.2) is 4.98 Å². The van der Waals surface area contributed by atoms with Crippen LogP contribution in [0.15, 0.2) is 35.6 Å². The van der Waals surface area contributed by atoms with E-state index >= 15 is 0 Å². The highest BCUT2D eigenvalue weighted by molar-refractivity contribution is 5.78. The SMILES string of the molecule is CC/C(O)=C(\C=C(C)C)c1cccc(N2CC[C@@](C)(C(=O)OC)C2)n1. The highest BCUT2D eigenvalue weighted by atomic mass is 16.5. The predicted molar refractivity (Wildman–Crippen MR) is 100 cm³/mol. The first-order valence-corrected chi connectivity index (χ1v) is 8.68. The predicted octanol–water partition coefficient (Wildman–Crippen LogP) is 4.12. The largest absolute Gasteiger partial charge is 0.512 e. The van der Waals surface area contributed by atoms with Gasteiger partial charge in [0.2, 0.25) is 0 Å². The molecule has 2 heterocycles. The van der Waals surface area contributed by atoms with Crippen LogP contribution in [-0.2, 0) is 9.53 Å².